The van der Waals surface area contributed by atoms with Crippen LogP contribution in [0.3, 0.4) is 0 Å². The van der Waals surface area contributed by atoms with E-state index in [1.165, 1.54) is 11.3 Å². The Morgan fingerprint density at radius 2 is 2.16 bits per heavy atom. The Morgan fingerprint density at radius 3 is 2.74 bits per heavy atom. The molecule has 0 radical (unpaired) electrons. The Kier molecular flexibility index (Phi) is 6.57. The highest BCUT2D eigenvalue weighted by molar-refractivity contribution is 7.14. The second-order valence-corrected chi connectivity index (χ2v) is 5.15. The number of amides is 1. The Hall–Kier alpha value is -1.35. The standard InChI is InChI=1S/C14H19NO3S/c1-3-6-15(7-9-17)14(18)13-10-11(2)12(19-13)5-4-8-16/h10,16-17H,3,6-9H2,1-2H3. The largest absolute Gasteiger partial charge is 0.395 e. The van der Waals surface area contributed by atoms with Crippen LogP contribution in [0.1, 0.15) is 33.5 Å². The van der Waals surface area contributed by atoms with Gasteiger partial charge in [-0.05, 0) is 25.0 Å². The maximum absolute atomic E-state index is 12.3. The maximum atomic E-state index is 12.3. The molecule has 0 saturated carbocycles. The molecule has 0 aromatic carbocycles. The molecule has 0 aliphatic carbocycles. The Balaban J connectivity index is 2.92. The maximum Gasteiger partial charge on any atom is 0.264 e. The minimum atomic E-state index is -0.187. The van der Waals surface area contributed by atoms with Gasteiger partial charge < -0.3 is 15.1 Å². The highest BCUT2D eigenvalue weighted by atomic mass is 32.1. The van der Waals surface area contributed by atoms with Crippen molar-refractivity contribution in [2.45, 2.75) is 20.3 Å². The number of thiophene rings is 1. The van der Waals surface area contributed by atoms with Gasteiger partial charge in [0.15, 0.2) is 0 Å². The number of rotatable bonds is 5. The van der Waals surface area contributed by atoms with Crippen LogP contribution >= 0.6 is 11.3 Å². The molecule has 2 N–H and O–H groups in total. The van der Waals surface area contributed by atoms with Gasteiger partial charge in [-0.25, -0.2) is 0 Å². The number of carbonyl (C=O) groups is 1. The lowest BCUT2D eigenvalue weighted by Gasteiger charge is -2.19. The summed E-state index contributed by atoms with van der Waals surface area (Å²) in [5, 5.41) is 17.7. The molecular weight excluding hydrogens is 262 g/mol. The SMILES string of the molecule is CCCN(CCO)C(=O)c1cc(C)c(C#CCO)s1. The zero-order valence-electron chi connectivity index (χ0n) is 11.3. The van der Waals surface area contributed by atoms with Crippen molar-refractivity contribution in [3.05, 3.63) is 21.4 Å². The normalized spacial score (nSPS) is 9.89. The van der Waals surface area contributed by atoms with Crippen LogP contribution < -0.4 is 0 Å². The highest BCUT2D eigenvalue weighted by Gasteiger charge is 2.17. The summed E-state index contributed by atoms with van der Waals surface area (Å²) < 4.78 is 0. The first-order valence-electron chi connectivity index (χ1n) is 6.24. The van der Waals surface area contributed by atoms with E-state index >= 15 is 0 Å². The van der Waals surface area contributed by atoms with Crippen LogP contribution in [0, 0.1) is 18.8 Å². The van der Waals surface area contributed by atoms with Gasteiger partial charge >= 0.3 is 0 Å². The number of hydrogen-bond acceptors (Lipinski definition) is 4. The van der Waals surface area contributed by atoms with Crippen molar-refractivity contribution >= 4 is 17.2 Å². The van der Waals surface area contributed by atoms with Gasteiger partial charge in [0, 0.05) is 13.1 Å². The van der Waals surface area contributed by atoms with Gasteiger partial charge in [-0.2, -0.15) is 0 Å². The van der Waals surface area contributed by atoms with E-state index in [4.69, 9.17) is 10.2 Å². The van der Waals surface area contributed by atoms with Gasteiger partial charge in [0.05, 0.1) is 16.4 Å². The fourth-order valence-electron chi connectivity index (χ4n) is 1.69. The quantitative estimate of drug-likeness (QED) is 0.798. The molecule has 4 nitrogen and oxygen atoms in total. The molecule has 1 aromatic rings. The fourth-order valence-corrected chi connectivity index (χ4v) is 2.71. The predicted molar refractivity (Wildman–Crippen MR) is 76.3 cm³/mol. The monoisotopic (exact) mass is 281 g/mol. The molecule has 1 aromatic heterocycles. The van der Waals surface area contributed by atoms with Crippen molar-refractivity contribution in [1.82, 2.24) is 4.90 Å². The average Bonchev–Trinajstić information content (AvgIpc) is 2.76. The third-order valence-corrected chi connectivity index (χ3v) is 3.70. The first-order valence-corrected chi connectivity index (χ1v) is 7.06. The molecule has 19 heavy (non-hydrogen) atoms. The summed E-state index contributed by atoms with van der Waals surface area (Å²) in [7, 11) is 0. The van der Waals surface area contributed by atoms with Crippen LogP contribution in [0.15, 0.2) is 6.07 Å². The van der Waals surface area contributed by atoms with E-state index in [-0.39, 0.29) is 19.1 Å². The van der Waals surface area contributed by atoms with Crippen molar-refractivity contribution in [1.29, 1.82) is 0 Å². The minimum Gasteiger partial charge on any atom is -0.395 e. The summed E-state index contributed by atoms with van der Waals surface area (Å²) in [5.74, 6) is 5.36. The number of hydrogen-bond donors (Lipinski definition) is 2. The van der Waals surface area contributed by atoms with E-state index in [2.05, 4.69) is 11.8 Å². The molecule has 0 atom stereocenters. The van der Waals surface area contributed by atoms with Gasteiger partial charge in [0.1, 0.15) is 6.61 Å². The van der Waals surface area contributed by atoms with Crippen LogP contribution in [0.25, 0.3) is 0 Å². The molecule has 0 unspecified atom stereocenters. The van der Waals surface area contributed by atoms with Gasteiger partial charge in [-0.3, -0.25) is 4.79 Å². The van der Waals surface area contributed by atoms with E-state index in [1.54, 1.807) is 4.90 Å². The first kappa shape index (κ1) is 15.7. The van der Waals surface area contributed by atoms with Gasteiger partial charge in [0.2, 0.25) is 0 Å². The molecule has 5 heteroatoms. The Morgan fingerprint density at radius 1 is 1.42 bits per heavy atom. The number of nitrogens with zero attached hydrogens (tertiary/aromatic N) is 1. The van der Waals surface area contributed by atoms with Crippen LogP contribution in [0.4, 0.5) is 0 Å². The molecule has 104 valence electrons. The smallest absolute Gasteiger partial charge is 0.264 e. The summed E-state index contributed by atoms with van der Waals surface area (Å²) in [5.41, 5.74) is 0.940. The van der Waals surface area contributed by atoms with E-state index in [1.807, 2.05) is 19.9 Å². The first-order chi connectivity index (χ1) is 9.13. The summed E-state index contributed by atoms with van der Waals surface area (Å²) in [6.07, 6.45) is 0.854. The van der Waals surface area contributed by atoms with E-state index in [9.17, 15) is 4.79 Å². The highest BCUT2D eigenvalue weighted by Crippen LogP contribution is 2.22. The number of aryl methyl sites for hydroxylation is 1. The van der Waals surface area contributed by atoms with Crippen LogP contribution in [0.5, 0.6) is 0 Å². The third kappa shape index (κ3) is 4.35. The summed E-state index contributed by atoms with van der Waals surface area (Å²) in [4.78, 5) is 15.4. The Labute approximate surface area is 117 Å². The minimum absolute atomic E-state index is 0.0345. The summed E-state index contributed by atoms with van der Waals surface area (Å²) in [6, 6.07) is 1.81. The molecule has 1 amide bonds. The molecule has 0 saturated heterocycles. The molecule has 0 spiro atoms. The molecule has 0 aliphatic rings. The number of aliphatic hydroxyl groups is 2. The lowest BCUT2D eigenvalue weighted by atomic mass is 10.2. The lowest BCUT2D eigenvalue weighted by molar-refractivity contribution is 0.0727. The van der Waals surface area contributed by atoms with Crippen molar-refractivity contribution in [2.75, 3.05) is 26.3 Å². The molecule has 0 bridgehead atoms. The van der Waals surface area contributed by atoms with Crippen molar-refractivity contribution in [2.24, 2.45) is 0 Å². The molecular formula is C14H19NO3S. The predicted octanol–water partition coefficient (Wildman–Crippen LogP) is 1.24. The Bertz CT molecular complexity index is 479. The van der Waals surface area contributed by atoms with Crippen molar-refractivity contribution < 1.29 is 15.0 Å². The van der Waals surface area contributed by atoms with Gasteiger partial charge in [0.25, 0.3) is 5.91 Å². The second-order valence-electron chi connectivity index (χ2n) is 4.10. The van der Waals surface area contributed by atoms with Crippen molar-refractivity contribution in [3.63, 3.8) is 0 Å². The van der Waals surface area contributed by atoms with Gasteiger partial charge in [-0.1, -0.05) is 18.8 Å². The van der Waals surface area contributed by atoms with Gasteiger partial charge in [-0.15, -0.1) is 11.3 Å². The zero-order chi connectivity index (χ0) is 14.3. The molecule has 0 aliphatic heterocycles. The van der Waals surface area contributed by atoms with Crippen LogP contribution in [-0.4, -0.2) is 47.3 Å². The van der Waals surface area contributed by atoms with Crippen LogP contribution in [-0.2, 0) is 0 Å². The fraction of sp³-hybridized carbons (Fsp3) is 0.500. The van der Waals surface area contributed by atoms with E-state index in [0.29, 0.717) is 18.0 Å². The second kappa shape index (κ2) is 7.95. The summed E-state index contributed by atoms with van der Waals surface area (Å²) in [6.45, 7) is 4.65. The van der Waals surface area contributed by atoms with Crippen molar-refractivity contribution in [3.8, 4) is 11.8 Å². The van der Waals surface area contributed by atoms with E-state index < -0.39 is 0 Å². The van der Waals surface area contributed by atoms with E-state index in [0.717, 1.165) is 16.9 Å². The molecule has 0 fully saturated rings. The topological polar surface area (TPSA) is 60.8 Å². The zero-order valence-corrected chi connectivity index (χ0v) is 12.1. The summed E-state index contributed by atoms with van der Waals surface area (Å²) >= 11 is 1.33. The lowest BCUT2D eigenvalue weighted by Crippen LogP contribution is -2.33. The molecule has 1 rings (SSSR count). The van der Waals surface area contributed by atoms with Crippen LogP contribution in [0.2, 0.25) is 0 Å². The number of carbonyl (C=O) groups excluding carboxylic acids is 1. The molecule has 1 heterocycles. The average molecular weight is 281 g/mol. The number of aliphatic hydroxyl groups excluding tert-OH is 2. The third-order valence-electron chi connectivity index (χ3n) is 2.56.